The van der Waals surface area contributed by atoms with Crippen LogP contribution in [-0.2, 0) is 0 Å². The summed E-state index contributed by atoms with van der Waals surface area (Å²) in [7, 11) is 0. The van der Waals surface area contributed by atoms with E-state index in [0.717, 1.165) is 10.9 Å². The van der Waals surface area contributed by atoms with E-state index in [2.05, 4.69) is 0 Å². The number of rotatable bonds is 0. The van der Waals surface area contributed by atoms with Crippen LogP contribution in [0.3, 0.4) is 0 Å². The first kappa shape index (κ1) is 8.36. The Morgan fingerprint density at radius 2 is 1.93 bits per heavy atom. The third-order valence-electron chi connectivity index (χ3n) is 2.58. The van der Waals surface area contributed by atoms with Crippen molar-refractivity contribution in [3.8, 4) is 0 Å². The maximum Gasteiger partial charge on any atom is 0.211 e. The van der Waals surface area contributed by atoms with Crippen LogP contribution in [-0.4, -0.2) is 0 Å². The fourth-order valence-corrected chi connectivity index (χ4v) is 1.82. The number of fused-ring (bicyclic) bond motifs is 2. The topological polar surface area (TPSA) is 4.10 Å². The highest BCUT2D eigenvalue weighted by atomic mass is 19.1. The highest BCUT2D eigenvalue weighted by Crippen LogP contribution is 2.16. The smallest absolute Gasteiger partial charge is 0.206 e. The molecule has 0 aliphatic rings. The maximum atomic E-state index is 13.5. The second kappa shape index (κ2) is 3.02. The first-order valence-electron chi connectivity index (χ1n) is 4.83. The van der Waals surface area contributed by atoms with E-state index >= 15 is 0 Å². The predicted molar refractivity (Wildman–Crippen MR) is 57.1 cm³/mol. The van der Waals surface area contributed by atoms with Gasteiger partial charge in [0.1, 0.15) is 5.82 Å². The van der Waals surface area contributed by atoms with E-state index in [4.69, 9.17) is 0 Å². The first-order chi connectivity index (χ1) is 7.34. The molecule has 0 N–H and O–H groups in total. The summed E-state index contributed by atoms with van der Waals surface area (Å²) in [6.45, 7) is 0. The van der Waals surface area contributed by atoms with Gasteiger partial charge in [-0.3, -0.25) is 0 Å². The molecule has 0 saturated heterocycles. The minimum Gasteiger partial charge on any atom is -0.206 e. The van der Waals surface area contributed by atoms with E-state index < -0.39 is 0 Å². The fourth-order valence-electron chi connectivity index (χ4n) is 1.82. The van der Waals surface area contributed by atoms with E-state index in [-0.39, 0.29) is 5.82 Å². The van der Waals surface area contributed by atoms with Gasteiger partial charge in [-0.25, -0.2) is 4.39 Å². The molecule has 0 aliphatic heterocycles. The third kappa shape index (κ3) is 1.26. The molecule has 15 heavy (non-hydrogen) atoms. The van der Waals surface area contributed by atoms with Crippen LogP contribution in [0.25, 0.3) is 16.3 Å². The quantitative estimate of drug-likeness (QED) is 0.386. The molecule has 2 aromatic heterocycles. The van der Waals surface area contributed by atoms with Crippen LogP contribution in [0.4, 0.5) is 4.39 Å². The van der Waals surface area contributed by atoms with E-state index in [1.165, 1.54) is 6.07 Å². The van der Waals surface area contributed by atoms with Gasteiger partial charge in [0, 0.05) is 18.2 Å². The van der Waals surface area contributed by atoms with Crippen LogP contribution in [0.15, 0.2) is 54.9 Å². The molecular weight excluding hydrogens is 189 g/mol. The van der Waals surface area contributed by atoms with Gasteiger partial charge in [0.25, 0.3) is 0 Å². The van der Waals surface area contributed by atoms with E-state index in [0.29, 0.717) is 5.39 Å². The van der Waals surface area contributed by atoms with Gasteiger partial charge in [-0.2, -0.15) is 4.40 Å². The molecule has 0 bridgehead atoms. The molecular formula is C13H9FN+. The summed E-state index contributed by atoms with van der Waals surface area (Å²) in [5.41, 5.74) is 1.07. The number of nitrogens with zero attached hydrogens (tertiary/aromatic N) is 1. The normalized spacial score (nSPS) is 11.0. The molecule has 0 radical (unpaired) electrons. The molecule has 1 nitrogen and oxygen atoms in total. The van der Waals surface area contributed by atoms with Crippen molar-refractivity contribution < 1.29 is 8.79 Å². The summed E-state index contributed by atoms with van der Waals surface area (Å²) in [5, 5.41) is 1.59. The van der Waals surface area contributed by atoms with E-state index in [1.54, 1.807) is 6.07 Å². The summed E-state index contributed by atoms with van der Waals surface area (Å²) in [6.07, 6.45) is 3.74. The summed E-state index contributed by atoms with van der Waals surface area (Å²) < 4.78 is 15.4. The molecule has 0 spiro atoms. The third-order valence-corrected chi connectivity index (χ3v) is 2.58. The largest absolute Gasteiger partial charge is 0.211 e. The van der Waals surface area contributed by atoms with Crippen LogP contribution in [0.1, 0.15) is 0 Å². The summed E-state index contributed by atoms with van der Waals surface area (Å²) >= 11 is 0. The number of hydrogen-bond acceptors (Lipinski definition) is 0. The maximum absolute atomic E-state index is 13.5. The molecule has 2 heterocycles. The summed E-state index contributed by atoms with van der Waals surface area (Å²) in [6, 6.07) is 13.0. The number of hydrogen-bond donors (Lipinski definition) is 0. The van der Waals surface area contributed by atoms with Crippen LogP contribution >= 0.6 is 0 Å². The van der Waals surface area contributed by atoms with Gasteiger partial charge in [0.15, 0.2) is 12.4 Å². The molecule has 72 valence electrons. The Morgan fingerprint density at radius 3 is 2.87 bits per heavy atom. The number of benzene rings is 1. The Balaban J connectivity index is 2.53. The SMILES string of the molecule is Fc1cccc2cc3cccc[n+]3cc12. The van der Waals surface area contributed by atoms with Gasteiger partial charge in [0.2, 0.25) is 5.52 Å². The average Bonchev–Trinajstić information content (AvgIpc) is 2.27. The highest BCUT2D eigenvalue weighted by molar-refractivity contribution is 5.84. The molecule has 3 aromatic rings. The number of aromatic nitrogens is 1. The van der Waals surface area contributed by atoms with Crippen molar-refractivity contribution in [1.29, 1.82) is 0 Å². The van der Waals surface area contributed by atoms with Crippen LogP contribution in [0, 0.1) is 5.82 Å². The molecule has 1 aromatic carbocycles. The molecule has 0 unspecified atom stereocenters. The van der Waals surface area contributed by atoms with Crippen molar-refractivity contribution in [2.75, 3.05) is 0 Å². The van der Waals surface area contributed by atoms with Gasteiger partial charge < -0.3 is 0 Å². The molecule has 0 amide bonds. The summed E-state index contributed by atoms with van der Waals surface area (Å²) in [5.74, 6) is -0.175. The Labute approximate surface area is 86.4 Å². The van der Waals surface area contributed by atoms with Crippen molar-refractivity contribution in [2.24, 2.45) is 0 Å². The lowest BCUT2D eigenvalue weighted by molar-refractivity contribution is -0.510. The average molecular weight is 198 g/mol. The molecule has 2 heteroatoms. The van der Waals surface area contributed by atoms with Crippen molar-refractivity contribution in [3.63, 3.8) is 0 Å². The van der Waals surface area contributed by atoms with Crippen molar-refractivity contribution in [3.05, 3.63) is 60.7 Å². The zero-order chi connectivity index (χ0) is 10.3. The van der Waals surface area contributed by atoms with Gasteiger partial charge in [-0.15, -0.1) is 0 Å². The fraction of sp³-hybridized carbons (Fsp3) is 0. The van der Waals surface area contributed by atoms with Crippen molar-refractivity contribution >= 4 is 16.3 Å². The lowest BCUT2D eigenvalue weighted by Gasteiger charge is -1.97. The Hall–Kier alpha value is -1.96. The second-order valence-corrected chi connectivity index (χ2v) is 3.55. The lowest BCUT2D eigenvalue weighted by atomic mass is 10.1. The lowest BCUT2D eigenvalue weighted by Crippen LogP contribution is -2.19. The number of halogens is 1. The van der Waals surface area contributed by atoms with Crippen LogP contribution < -0.4 is 4.40 Å². The Morgan fingerprint density at radius 1 is 1.00 bits per heavy atom. The molecule has 3 rings (SSSR count). The van der Waals surface area contributed by atoms with E-state index in [1.807, 2.05) is 47.1 Å². The minimum atomic E-state index is -0.175. The zero-order valence-electron chi connectivity index (χ0n) is 8.02. The Bertz CT molecular complexity index is 646. The van der Waals surface area contributed by atoms with Gasteiger partial charge >= 0.3 is 0 Å². The zero-order valence-corrected chi connectivity index (χ0v) is 8.02. The van der Waals surface area contributed by atoms with Crippen molar-refractivity contribution in [2.45, 2.75) is 0 Å². The number of pyridine rings is 2. The molecule has 0 saturated carbocycles. The van der Waals surface area contributed by atoms with E-state index in [9.17, 15) is 4.39 Å². The van der Waals surface area contributed by atoms with Gasteiger partial charge in [0.05, 0.1) is 5.39 Å². The van der Waals surface area contributed by atoms with Crippen LogP contribution in [0.5, 0.6) is 0 Å². The minimum absolute atomic E-state index is 0.175. The molecule has 0 fully saturated rings. The standard InChI is InChI=1S/C13H9FN/c14-13-6-3-4-10-8-11-5-1-2-7-15(11)9-12(10)13/h1-9H/q+1. The Kier molecular flexibility index (Phi) is 1.68. The van der Waals surface area contributed by atoms with Gasteiger partial charge in [-0.1, -0.05) is 12.1 Å². The molecule has 0 aliphatic carbocycles. The second-order valence-electron chi connectivity index (χ2n) is 3.55. The summed E-state index contributed by atoms with van der Waals surface area (Å²) in [4.78, 5) is 0. The monoisotopic (exact) mass is 198 g/mol. The van der Waals surface area contributed by atoms with Gasteiger partial charge in [-0.05, 0) is 17.5 Å². The highest BCUT2D eigenvalue weighted by Gasteiger charge is 2.07. The van der Waals surface area contributed by atoms with Crippen LogP contribution in [0.2, 0.25) is 0 Å². The first-order valence-corrected chi connectivity index (χ1v) is 4.83. The predicted octanol–water partition coefficient (Wildman–Crippen LogP) is 2.72. The van der Waals surface area contributed by atoms with Crippen molar-refractivity contribution in [1.82, 2.24) is 0 Å². The molecule has 0 atom stereocenters.